The topological polar surface area (TPSA) is 87.6 Å². The first kappa shape index (κ1) is 14.7. The zero-order chi connectivity index (χ0) is 17.0. The number of rotatable bonds is 2. The summed E-state index contributed by atoms with van der Waals surface area (Å²) in [5, 5.41) is 5.25. The van der Waals surface area contributed by atoms with Gasteiger partial charge in [-0.3, -0.25) is 0 Å². The molecule has 8 heteroatoms. The van der Waals surface area contributed by atoms with Crippen molar-refractivity contribution in [3.8, 4) is 11.5 Å². The van der Waals surface area contributed by atoms with E-state index < -0.39 is 0 Å². The molecule has 3 heterocycles. The summed E-state index contributed by atoms with van der Waals surface area (Å²) in [6, 6.07) is 11.9. The van der Waals surface area contributed by atoms with E-state index in [2.05, 4.69) is 32.7 Å². The average Bonchev–Trinajstić information content (AvgIpc) is 3.20. The number of nitrogens with two attached hydrogens (primary N) is 1. The van der Waals surface area contributed by atoms with Gasteiger partial charge in [-0.1, -0.05) is 6.07 Å². The molecule has 2 aromatic heterocycles. The number of nitrogens with zero attached hydrogens (tertiary/aromatic N) is 4. The van der Waals surface area contributed by atoms with Gasteiger partial charge >= 0.3 is 0 Å². The molecule has 0 unspecified atom stereocenters. The molecule has 0 bridgehead atoms. The normalized spacial score (nSPS) is 13.0. The van der Waals surface area contributed by atoms with Crippen molar-refractivity contribution >= 4 is 45.1 Å². The molecule has 0 saturated carbocycles. The number of hydrogen-bond acceptors (Lipinski definition) is 6. The second-order valence-electron chi connectivity index (χ2n) is 5.76. The highest BCUT2D eigenvalue weighted by atomic mass is 127. The van der Waals surface area contributed by atoms with Gasteiger partial charge in [-0.2, -0.15) is 9.50 Å². The molecule has 4 aromatic rings. The molecule has 2 N–H and O–H groups in total. The number of fused-ring (bicyclic) bond motifs is 4. The summed E-state index contributed by atoms with van der Waals surface area (Å²) >= 11 is 2.27. The Labute approximate surface area is 155 Å². The average molecular weight is 445 g/mol. The van der Waals surface area contributed by atoms with Crippen molar-refractivity contribution in [2.45, 2.75) is 6.42 Å². The van der Waals surface area contributed by atoms with Crippen LogP contribution >= 0.6 is 22.6 Å². The van der Waals surface area contributed by atoms with Crippen molar-refractivity contribution in [1.82, 2.24) is 19.6 Å². The first-order chi connectivity index (χ1) is 12.2. The second-order valence-corrected chi connectivity index (χ2v) is 7.00. The molecule has 2 aromatic carbocycles. The molecular weight excluding hydrogens is 433 g/mol. The van der Waals surface area contributed by atoms with Crippen LogP contribution < -0.4 is 15.2 Å². The van der Waals surface area contributed by atoms with Crippen LogP contribution in [0.3, 0.4) is 0 Å². The number of hydrogen-bond donors (Lipinski definition) is 1. The number of anilines is 1. The van der Waals surface area contributed by atoms with Crippen LogP contribution in [0.2, 0.25) is 0 Å². The van der Waals surface area contributed by atoms with Crippen molar-refractivity contribution < 1.29 is 9.47 Å². The van der Waals surface area contributed by atoms with Gasteiger partial charge in [0.2, 0.25) is 12.7 Å². The van der Waals surface area contributed by atoms with Crippen molar-refractivity contribution in [3.05, 3.63) is 51.4 Å². The maximum absolute atomic E-state index is 5.84. The highest BCUT2D eigenvalue weighted by Gasteiger charge is 2.16. The number of benzene rings is 2. The maximum atomic E-state index is 5.84. The van der Waals surface area contributed by atoms with Gasteiger partial charge in [0.15, 0.2) is 17.1 Å². The van der Waals surface area contributed by atoms with Gasteiger partial charge in [-0.25, -0.2) is 4.98 Å². The van der Waals surface area contributed by atoms with Gasteiger partial charge in [-0.05, 0) is 58.5 Å². The first-order valence-corrected chi connectivity index (χ1v) is 8.74. The molecule has 0 fully saturated rings. The van der Waals surface area contributed by atoms with E-state index in [-0.39, 0.29) is 12.7 Å². The van der Waals surface area contributed by atoms with Crippen LogP contribution in [0.15, 0.2) is 36.4 Å². The van der Waals surface area contributed by atoms with E-state index >= 15 is 0 Å². The molecule has 5 rings (SSSR count). The second kappa shape index (κ2) is 5.45. The standard InChI is InChI=1S/C17H12IN5O2/c18-10-2-3-11-12(7-10)20-15(23-16(11)21-17(19)22-23)6-9-1-4-13-14(5-9)25-8-24-13/h1-5,7H,6,8H2,(H2,19,22). The summed E-state index contributed by atoms with van der Waals surface area (Å²) in [6.45, 7) is 0.259. The predicted molar refractivity (Wildman–Crippen MR) is 101 cm³/mol. The minimum Gasteiger partial charge on any atom is -0.454 e. The van der Waals surface area contributed by atoms with Gasteiger partial charge in [0.1, 0.15) is 5.82 Å². The van der Waals surface area contributed by atoms with E-state index in [1.807, 2.05) is 36.4 Å². The number of aromatic nitrogens is 4. The van der Waals surface area contributed by atoms with E-state index in [4.69, 9.17) is 20.2 Å². The van der Waals surface area contributed by atoms with Crippen LogP contribution in [0.1, 0.15) is 11.4 Å². The van der Waals surface area contributed by atoms with Crippen molar-refractivity contribution in [3.63, 3.8) is 0 Å². The van der Waals surface area contributed by atoms with Crippen molar-refractivity contribution in [2.75, 3.05) is 12.5 Å². The third-order valence-corrected chi connectivity index (χ3v) is 4.79. The molecule has 0 saturated heterocycles. The van der Waals surface area contributed by atoms with Crippen LogP contribution in [0.4, 0.5) is 5.95 Å². The molecule has 25 heavy (non-hydrogen) atoms. The molecule has 0 aliphatic carbocycles. The van der Waals surface area contributed by atoms with E-state index in [1.165, 1.54) is 0 Å². The SMILES string of the molecule is Nc1nc2c3ccc(I)cc3nc(Cc3ccc4c(c3)OCO4)n2n1. The molecule has 0 amide bonds. The largest absolute Gasteiger partial charge is 0.454 e. The smallest absolute Gasteiger partial charge is 0.240 e. The molecule has 124 valence electrons. The lowest BCUT2D eigenvalue weighted by atomic mass is 10.1. The Kier molecular flexibility index (Phi) is 3.20. The number of ether oxygens (including phenoxy) is 2. The molecule has 0 radical (unpaired) electrons. The zero-order valence-electron chi connectivity index (χ0n) is 12.9. The lowest BCUT2D eigenvalue weighted by Gasteiger charge is -2.08. The monoisotopic (exact) mass is 445 g/mol. The summed E-state index contributed by atoms with van der Waals surface area (Å²) in [7, 11) is 0. The Hall–Kier alpha value is -2.62. The minimum atomic E-state index is 0.236. The first-order valence-electron chi connectivity index (χ1n) is 7.66. The van der Waals surface area contributed by atoms with Crippen LogP contribution in [-0.2, 0) is 6.42 Å². The summed E-state index contributed by atoms with van der Waals surface area (Å²) in [4.78, 5) is 9.17. The van der Waals surface area contributed by atoms with Gasteiger partial charge in [0, 0.05) is 15.4 Å². The maximum Gasteiger partial charge on any atom is 0.240 e. The highest BCUT2D eigenvalue weighted by molar-refractivity contribution is 14.1. The van der Waals surface area contributed by atoms with E-state index in [0.29, 0.717) is 6.42 Å². The zero-order valence-corrected chi connectivity index (χ0v) is 15.1. The third-order valence-electron chi connectivity index (χ3n) is 4.12. The predicted octanol–water partition coefficient (Wildman–Crippen LogP) is 2.78. The fourth-order valence-electron chi connectivity index (χ4n) is 3.00. The highest BCUT2D eigenvalue weighted by Crippen LogP contribution is 2.33. The summed E-state index contributed by atoms with van der Waals surface area (Å²) in [5.41, 5.74) is 8.49. The number of halogens is 1. The van der Waals surface area contributed by atoms with Gasteiger partial charge < -0.3 is 15.2 Å². The van der Waals surface area contributed by atoms with Gasteiger partial charge in [0.25, 0.3) is 0 Å². The van der Waals surface area contributed by atoms with Crippen LogP contribution in [0.25, 0.3) is 16.6 Å². The van der Waals surface area contributed by atoms with Crippen molar-refractivity contribution in [1.29, 1.82) is 0 Å². The summed E-state index contributed by atoms with van der Waals surface area (Å²) < 4.78 is 13.7. The van der Waals surface area contributed by atoms with Crippen LogP contribution in [0, 0.1) is 3.57 Å². The molecular formula is C17H12IN5O2. The Bertz CT molecular complexity index is 1140. The van der Waals surface area contributed by atoms with Gasteiger partial charge in [0.05, 0.1) is 5.52 Å². The quantitative estimate of drug-likeness (QED) is 0.478. The van der Waals surface area contributed by atoms with Gasteiger partial charge in [-0.15, -0.1) is 5.10 Å². The molecule has 7 nitrogen and oxygen atoms in total. The lowest BCUT2D eigenvalue weighted by Crippen LogP contribution is -2.05. The lowest BCUT2D eigenvalue weighted by molar-refractivity contribution is 0.174. The fraction of sp³-hybridized carbons (Fsp3) is 0.118. The number of nitrogen functional groups attached to an aromatic ring is 1. The Morgan fingerprint density at radius 1 is 1.08 bits per heavy atom. The van der Waals surface area contributed by atoms with Crippen LogP contribution in [0.5, 0.6) is 11.5 Å². The Morgan fingerprint density at radius 3 is 2.88 bits per heavy atom. The van der Waals surface area contributed by atoms with E-state index in [1.54, 1.807) is 4.52 Å². The van der Waals surface area contributed by atoms with Crippen molar-refractivity contribution in [2.24, 2.45) is 0 Å². The summed E-state index contributed by atoms with van der Waals surface area (Å²) in [5.74, 6) is 2.52. The Balaban J connectivity index is 1.68. The van der Waals surface area contributed by atoms with E-state index in [9.17, 15) is 0 Å². The Morgan fingerprint density at radius 2 is 1.96 bits per heavy atom. The molecule has 0 spiro atoms. The van der Waals surface area contributed by atoms with E-state index in [0.717, 1.165) is 43.0 Å². The molecule has 1 aliphatic heterocycles. The third kappa shape index (κ3) is 2.44. The fourth-order valence-corrected chi connectivity index (χ4v) is 3.48. The minimum absolute atomic E-state index is 0.236. The molecule has 1 aliphatic rings. The summed E-state index contributed by atoms with van der Waals surface area (Å²) in [6.07, 6.45) is 0.581. The molecule has 0 atom stereocenters. The van der Waals surface area contributed by atoms with Crippen LogP contribution in [-0.4, -0.2) is 26.4 Å².